The second-order valence-corrected chi connectivity index (χ2v) is 5.94. The first-order chi connectivity index (χ1) is 11.5. The van der Waals surface area contributed by atoms with Gasteiger partial charge in [-0.05, 0) is 25.5 Å². The van der Waals surface area contributed by atoms with Crippen LogP contribution in [0.4, 0.5) is 0 Å². The number of carbonyl (C=O) groups excluding carboxylic acids is 1. The maximum absolute atomic E-state index is 11.5. The van der Waals surface area contributed by atoms with Crippen molar-refractivity contribution in [1.82, 2.24) is 14.9 Å². The first-order valence-corrected chi connectivity index (χ1v) is 7.98. The van der Waals surface area contributed by atoms with Crippen LogP contribution < -0.4 is 9.47 Å². The van der Waals surface area contributed by atoms with E-state index in [0.29, 0.717) is 18.2 Å². The molecule has 1 aromatic carbocycles. The summed E-state index contributed by atoms with van der Waals surface area (Å²) in [5, 5.41) is 0. The van der Waals surface area contributed by atoms with Crippen LogP contribution in [-0.4, -0.2) is 41.0 Å². The van der Waals surface area contributed by atoms with E-state index in [1.165, 1.54) is 0 Å². The van der Waals surface area contributed by atoms with E-state index in [1.807, 2.05) is 36.1 Å². The third kappa shape index (κ3) is 3.64. The van der Waals surface area contributed by atoms with Crippen molar-refractivity contribution in [2.45, 2.75) is 26.2 Å². The molecule has 1 aliphatic rings. The molecular formula is C18H21N3O3. The number of rotatable bonds is 4. The quantitative estimate of drug-likeness (QED) is 0.864. The van der Waals surface area contributed by atoms with Gasteiger partial charge in [0, 0.05) is 43.8 Å². The van der Waals surface area contributed by atoms with Crippen molar-refractivity contribution in [2.75, 3.05) is 20.2 Å². The largest absolute Gasteiger partial charge is 0.497 e. The average molecular weight is 327 g/mol. The van der Waals surface area contributed by atoms with E-state index in [0.717, 1.165) is 30.2 Å². The van der Waals surface area contributed by atoms with Crippen molar-refractivity contribution < 1.29 is 14.3 Å². The minimum absolute atomic E-state index is 0.0954. The van der Waals surface area contributed by atoms with Gasteiger partial charge in [-0.1, -0.05) is 6.07 Å². The lowest BCUT2D eigenvalue weighted by Gasteiger charge is -2.14. The number of amides is 1. The van der Waals surface area contributed by atoms with Gasteiger partial charge in [0.2, 0.25) is 11.8 Å². The van der Waals surface area contributed by atoms with Crippen molar-refractivity contribution in [3.05, 3.63) is 41.9 Å². The molecule has 3 rings (SSSR count). The average Bonchev–Trinajstić information content (AvgIpc) is 3.05. The van der Waals surface area contributed by atoms with Gasteiger partial charge in [0.25, 0.3) is 0 Å². The lowest BCUT2D eigenvalue weighted by atomic mass is 10.1. The molecule has 1 fully saturated rings. The standard InChI is InChI=1S/C18H21N3O3/c1-12-9-17(24-16-6-4-5-15(10-16)23-3)20-18(19-12)14-7-8-21(11-14)13(2)22/h4-6,9-10,14H,7-8,11H2,1-3H3/t14-/m0/s1. The zero-order chi connectivity index (χ0) is 17.1. The number of hydrogen-bond acceptors (Lipinski definition) is 5. The molecule has 2 heterocycles. The highest BCUT2D eigenvalue weighted by molar-refractivity contribution is 5.73. The van der Waals surface area contributed by atoms with E-state index in [9.17, 15) is 4.79 Å². The van der Waals surface area contributed by atoms with Gasteiger partial charge < -0.3 is 14.4 Å². The second kappa shape index (κ2) is 6.86. The molecule has 0 aliphatic carbocycles. The Kier molecular flexibility index (Phi) is 4.64. The third-order valence-corrected chi connectivity index (χ3v) is 4.11. The van der Waals surface area contributed by atoms with Crippen molar-refractivity contribution in [2.24, 2.45) is 0 Å². The summed E-state index contributed by atoms with van der Waals surface area (Å²) in [5.41, 5.74) is 0.846. The molecule has 2 aromatic rings. The highest BCUT2D eigenvalue weighted by Gasteiger charge is 2.28. The Morgan fingerprint density at radius 2 is 2.04 bits per heavy atom. The van der Waals surface area contributed by atoms with Crippen LogP contribution in [0.3, 0.4) is 0 Å². The molecule has 0 bridgehead atoms. The maximum Gasteiger partial charge on any atom is 0.222 e. The highest BCUT2D eigenvalue weighted by Crippen LogP contribution is 2.28. The summed E-state index contributed by atoms with van der Waals surface area (Å²) in [6.07, 6.45) is 0.877. The van der Waals surface area contributed by atoms with Gasteiger partial charge >= 0.3 is 0 Å². The summed E-state index contributed by atoms with van der Waals surface area (Å²) in [6.45, 7) is 4.93. The first-order valence-electron chi connectivity index (χ1n) is 7.98. The number of ether oxygens (including phenoxy) is 2. The Morgan fingerprint density at radius 3 is 2.75 bits per heavy atom. The van der Waals surface area contributed by atoms with E-state index in [4.69, 9.17) is 9.47 Å². The van der Waals surface area contributed by atoms with Gasteiger partial charge in [-0.3, -0.25) is 4.79 Å². The Labute approximate surface area is 141 Å². The Bertz CT molecular complexity index is 748. The molecule has 126 valence electrons. The molecule has 6 nitrogen and oxygen atoms in total. The predicted octanol–water partition coefficient (Wildman–Crippen LogP) is 2.92. The first kappa shape index (κ1) is 16.2. The summed E-state index contributed by atoms with van der Waals surface area (Å²) >= 11 is 0. The molecule has 1 saturated heterocycles. The van der Waals surface area contributed by atoms with Gasteiger partial charge in [0.1, 0.15) is 17.3 Å². The van der Waals surface area contributed by atoms with Crippen LogP contribution >= 0.6 is 0 Å². The number of benzene rings is 1. The van der Waals surface area contributed by atoms with Crippen LogP contribution in [0, 0.1) is 6.92 Å². The van der Waals surface area contributed by atoms with Crippen molar-refractivity contribution >= 4 is 5.91 Å². The molecule has 0 unspecified atom stereocenters. The molecule has 0 radical (unpaired) electrons. The Balaban J connectivity index is 1.80. The fourth-order valence-corrected chi connectivity index (χ4v) is 2.84. The summed E-state index contributed by atoms with van der Waals surface area (Å²) in [6, 6.07) is 9.20. The fraction of sp³-hybridized carbons (Fsp3) is 0.389. The summed E-state index contributed by atoms with van der Waals surface area (Å²) in [7, 11) is 1.62. The van der Waals surface area contributed by atoms with Crippen molar-refractivity contribution in [3.63, 3.8) is 0 Å². The van der Waals surface area contributed by atoms with Gasteiger partial charge in [0.15, 0.2) is 0 Å². The maximum atomic E-state index is 11.5. The smallest absolute Gasteiger partial charge is 0.222 e. The van der Waals surface area contributed by atoms with Crippen LogP contribution in [0.2, 0.25) is 0 Å². The van der Waals surface area contributed by atoms with E-state index < -0.39 is 0 Å². The van der Waals surface area contributed by atoms with Crippen LogP contribution in [0.1, 0.15) is 30.8 Å². The number of nitrogens with zero attached hydrogens (tertiary/aromatic N) is 3. The summed E-state index contributed by atoms with van der Waals surface area (Å²) in [4.78, 5) is 22.4. The zero-order valence-corrected chi connectivity index (χ0v) is 14.2. The Hall–Kier alpha value is -2.63. The van der Waals surface area contributed by atoms with Crippen molar-refractivity contribution in [1.29, 1.82) is 0 Å². The molecule has 1 amide bonds. The Morgan fingerprint density at radius 1 is 1.25 bits per heavy atom. The van der Waals surface area contributed by atoms with Crippen LogP contribution in [0.25, 0.3) is 0 Å². The third-order valence-electron chi connectivity index (χ3n) is 4.11. The number of aromatic nitrogens is 2. The lowest BCUT2D eigenvalue weighted by Crippen LogP contribution is -2.25. The second-order valence-electron chi connectivity index (χ2n) is 5.94. The summed E-state index contributed by atoms with van der Waals surface area (Å²) < 4.78 is 11.1. The topological polar surface area (TPSA) is 64.6 Å². The van der Waals surface area contributed by atoms with Gasteiger partial charge in [-0.15, -0.1) is 0 Å². The number of methoxy groups -OCH3 is 1. The number of likely N-dealkylation sites (tertiary alicyclic amines) is 1. The normalized spacial score (nSPS) is 17.0. The fourth-order valence-electron chi connectivity index (χ4n) is 2.84. The molecule has 0 spiro atoms. The van der Waals surface area contributed by atoms with E-state index in [2.05, 4.69) is 9.97 Å². The monoisotopic (exact) mass is 327 g/mol. The molecule has 0 saturated carbocycles. The molecule has 1 aromatic heterocycles. The molecule has 1 atom stereocenters. The highest BCUT2D eigenvalue weighted by atomic mass is 16.5. The molecule has 1 aliphatic heterocycles. The molecule has 24 heavy (non-hydrogen) atoms. The number of carbonyl (C=O) groups is 1. The van der Waals surface area contributed by atoms with E-state index in [-0.39, 0.29) is 11.8 Å². The molecular weight excluding hydrogens is 306 g/mol. The van der Waals surface area contributed by atoms with Gasteiger partial charge in [-0.25, -0.2) is 4.98 Å². The van der Waals surface area contributed by atoms with Crippen LogP contribution in [0.5, 0.6) is 17.4 Å². The van der Waals surface area contributed by atoms with Crippen LogP contribution in [-0.2, 0) is 4.79 Å². The van der Waals surface area contributed by atoms with E-state index >= 15 is 0 Å². The van der Waals surface area contributed by atoms with E-state index in [1.54, 1.807) is 20.1 Å². The molecule has 6 heteroatoms. The van der Waals surface area contributed by atoms with Gasteiger partial charge in [0.05, 0.1) is 7.11 Å². The minimum Gasteiger partial charge on any atom is -0.497 e. The van der Waals surface area contributed by atoms with Gasteiger partial charge in [-0.2, -0.15) is 4.98 Å². The van der Waals surface area contributed by atoms with Crippen molar-refractivity contribution in [3.8, 4) is 17.4 Å². The summed E-state index contributed by atoms with van der Waals surface area (Å²) in [5.74, 6) is 2.88. The minimum atomic E-state index is 0.0954. The number of aryl methyl sites for hydroxylation is 1. The predicted molar refractivity (Wildman–Crippen MR) is 89.4 cm³/mol. The zero-order valence-electron chi connectivity index (χ0n) is 14.2. The number of hydrogen-bond donors (Lipinski definition) is 0. The van der Waals surface area contributed by atoms with Crippen LogP contribution in [0.15, 0.2) is 30.3 Å². The molecule has 0 N–H and O–H groups in total. The lowest BCUT2D eigenvalue weighted by molar-refractivity contribution is -0.127. The SMILES string of the molecule is COc1cccc(Oc2cc(C)nc([C@H]3CCN(C(C)=O)C3)n2)c1.